The Bertz CT molecular complexity index is 538. The molecule has 0 aliphatic carbocycles. The molecule has 0 aromatic carbocycles. The fraction of sp³-hybridized carbons (Fsp3) is 0.667. The topological polar surface area (TPSA) is 231 Å². The van der Waals surface area contributed by atoms with Crippen LogP contribution in [0.2, 0.25) is 0 Å². The van der Waals surface area contributed by atoms with E-state index < -0.39 is 35.8 Å². The van der Waals surface area contributed by atoms with Crippen molar-refractivity contribution in [2.24, 2.45) is 0 Å². The number of hydrogen-bond donors (Lipinski definition) is 4. The first-order valence-electron chi connectivity index (χ1n) is 9.11. The summed E-state index contributed by atoms with van der Waals surface area (Å²) in [7, 11) is 0. The number of esters is 4. The average Bonchev–Trinajstić information content (AvgIpc) is 2.59. The quantitative estimate of drug-likeness (QED) is 0.103. The summed E-state index contributed by atoms with van der Waals surface area (Å²) in [6, 6.07) is 0. The molecule has 0 amide bonds. The Morgan fingerprint density at radius 2 is 0.625 bits per heavy atom. The number of rotatable bonds is 15. The van der Waals surface area contributed by atoms with Gasteiger partial charge in [-0.2, -0.15) is 0 Å². The molecule has 0 aliphatic heterocycles. The number of carbonyl (C=O) groups is 6. The fourth-order valence-electron chi connectivity index (χ4n) is 2.09. The Labute approximate surface area is 272 Å². The van der Waals surface area contributed by atoms with E-state index in [9.17, 15) is 28.8 Å². The second-order valence-corrected chi connectivity index (χ2v) is 6.10. The van der Waals surface area contributed by atoms with Crippen LogP contribution >= 0.6 is 0 Å². The third-order valence-corrected chi connectivity index (χ3v) is 3.51. The predicted octanol–water partition coefficient (Wildman–Crippen LogP) is 1.00. The molecule has 0 aromatic heterocycles. The molecule has 0 rings (SSSR count). The number of carboxylic acid groups (broad SMARTS) is 2. The van der Waals surface area contributed by atoms with Crippen molar-refractivity contribution >= 4 is 139 Å². The Morgan fingerprint density at radius 3 is 0.812 bits per heavy atom. The van der Waals surface area contributed by atoms with Crippen LogP contribution in [0.15, 0.2) is 0 Å². The first-order valence-corrected chi connectivity index (χ1v) is 9.11. The molecule has 8 N–H and O–H groups in total. The fourth-order valence-corrected chi connectivity index (χ4v) is 2.09. The van der Waals surface area contributed by atoms with Gasteiger partial charge in [0.25, 0.3) is 0 Å². The first kappa shape index (κ1) is 42.6. The molecular weight excluding hydrogens is 482 g/mol. The molecule has 0 fully saturated rings. The van der Waals surface area contributed by atoms with Gasteiger partial charge in [0.05, 0.1) is 0 Å². The molecule has 0 bridgehead atoms. The number of aliphatic carboxylic acids is 2. The standard InChI is InChI=1S/C18H26O10.2K.2H3N.2H/c19-13(20)7-1-3-9-15(23)27-17(25)11-5-6-12-18(26)28-16(24)10-4-2-8-14(21)22;;;;;;/h1-12H2,(H,19,20)(H,21,22);;;2*1H3;;. The van der Waals surface area contributed by atoms with Gasteiger partial charge in [-0.05, 0) is 38.5 Å². The summed E-state index contributed by atoms with van der Waals surface area (Å²) in [5.74, 6) is -4.81. The monoisotopic (exact) mass is 516 g/mol. The van der Waals surface area contributed by atoms with E-state index in [2.05, 4.69) is 9.47 Å². The van der Waals surface area contributed by atoms with E-state index in [0.29, 0.717) is 25.7 Å². The summed E-state index contributed by atoms with van der Waals surface area (Å²) in [4.78, 5) is 66.3. The average molecular weight is 517 g/mol. The van der Waals surface area contributed by atoms with Crippen LogP contribution in [0.5, 0.6) is 0 Å². The molecule has 0 saturated carbocycles. The zero-order chi connectivity index (χ0) is 21.4. The van der Waals surface area contributed by atoms with Crippen molar-refractivity contribution in [2.75, 3.05) is 0 Å². The normalized spacial score (nSPS) is 8.88. The van der Waals surface area contributed by atoms with Gasteiger partial charge in [0.2, 0.25) is 0 Å². The van der Waals surface area contributed by atoms with Crippen LogP contribution in [0, 0.1) is 0 Å². The number of ether oxygens (including phenoxy) is 2. The summed E-state index contributed by atoms with van der Waals surface area (Å²) < 4.78 is 9.13. The van der Waals surface area contributed by atoms with Gasteiger partial charge in [-0.3, -0.25) is 28.8 Å². The first-order chi connectivity index (χ1) is 13.2. The van der Waals surface area contributed by atoms with Crippen LogP contribution in [-0.2, 0) is 38.2 Å². The number of carbonyl (C=O) groups excluding carboxylic acids is 4. The molecule has 12 nitrogen and oxygen atoms in total. The summed E-state index contributed by atoms with van der Waals surface area (Å²) in [5, 5.41) is 16.9. The van der Waals surface area contributed by atoms with Gasteiger partial charge in [-0.1, -0.05) is 0 Å². The van der Waals surface area contributed by atoms with Gasteiger partial charge in [-0.25, -0.2) is 0 Å². The van der Waals surface area contributed by atoms with Crippen molar-refractivity contribution < 1.29 is 48.5 Å². The molecule has 0 spiro atoms. The SMILES string of the molecule is N.N.O=C(O)CCCCC(=O)OC(=O)CCCCC(=O)OC(=O)CCCCC(=O)O.[KH].[KH]. The third-order valence-electron chi connectivity index (χ3n) is 3.51. The molecule has 0 aromatic rings. The Hall–Kier alpha value is 0.413. The van der Waals surface area contributed by atoms with Crippen molar-refractivity contribution in [1.82, 2.24) is 12.3 Å². The van der Waals surface area contributed by atoms with Crippen molar-refractivity contribution in [2.45, 2.75) is 77.0 Å². The molecule has 14 heteroatoms. The van der Waals surface area contributed by atoms with Gasteiger partial charge in [0.15, 0.2) is 0 Å². The van der Waals surface area contributed by atoms with Crippen LogP contribution in [-0.4, -0.2) is 149 Å². The van der Waals surface area contributed by atoms with Crippen LogP contribution < -0.4 is 12.3 Å². The van der Waals surface area contributed by atoms with E-state index in [1.54, 1.807) is 0 Å². The van der Waals surface area contributed by atoms with Crippen molar-refractivity contribution in [3.8, 4) is 0 Å². The van der Waals surface area contributed by atoms with E-state index in [0.717, 1.165) is 0 Å². The van der Waals surface area contributed by atoms with E-state index >= 15 is 0 Å². The van der Waals surface area contributed by atoms with Crippen LogP contribution in [0.4, 0.5) is 0 Å². The second kappa shape index (κ2) is 27.7. The summed E-state index contributed by atoms with van der Waals surface area (Å²) in [6.07, 6.45) is 1.47. The van der Waals surface area contributed by atoms with Crippen molar-refractivity contribution in [1.29, 1.82) is 0 Å². The Balaban J connectivity index is -0.000000607. The van der Waals surface area contributed by atoms with E-state index in [4.69, 9.17) is 10.2 Å². The molecule has 0 unspecified atom stereocenters. The van der Waals surface area contributed by atoms with Gasteiger partial charge in [0.1, 0.15) is 0 Å². The number of carboxylic acids is 2. The summed E-state index contributed by atoms with van der Waals surface area (Å²) in [5.41, 5.74) is 0. The van der Waals surface area contributed by atoms with Gasteiger partial charge in [0, 0.05) is 38.5 Å². The molecule has 178 valence electrons. The third kappa shape index (κ3) is 30.4. The predicted molar refractivity (Wildman–Crippen MR) is 117 cm³/mol. The van der Waals surface area contributed by atoms with Crippen LogP contribution in [0.25, 0.3) is 0 Å². The molecule has 0 aliphatic rings. The minimum atomic E-state index is -0.956. The molecule has 0 heterocycles. The van der Waals surface area contributed by atoms with E-state index in [-0.39, 0.29) is 166 Å². The zero-order valence-corrected chi connectivity index (χ0v) is 17.1. The van der Waals surface area contributed by atoms with Crippen molar-refractivity contribution in [3.05, 3.63) is 0 Å². The molecule has 32 heavy (non-hydrogen) atoms. The second-order valence-electron chi connectivity index (χ2n) is 6.10. The van der Waals surface area contributed by atoms with Crippen molar-refractivity contribution in [3.63, 3.8) is 0 Å². The minimum absolute atomic E-state index is 0. The van der Waals surface area contributed by atoms with Gasteiger partial charge in [-0.15, -0.1) is 0 Å². The maximum atomic E-state index is 11.5. The summed E-state index contributed by atoms with van der Waals surface area (Å²) in [6.45, 7) is 0. The van der Waals surface area contributed by atoms with Crippen LogP contribution in [0.1, 0.15) is 77.0 Å². The Kier molecular flexibility index (Phi) is 36.8. The number of hydrogen-bond acceptors (Lipinski definition) is 10. The Morgan fingerprint density at radius 1 is 0.438 bits per heavy atom. The zero-order valence-electron chi connectivity index (χ0n) is 17.1. The number of unbranched alkanes of at least 4 members (excludes halogenated alkanes) is 3. The molecular formula is C18H34K2N2O10. The molecule has 0 atom stereocenters. The van der Waals surface area contributed by atoms with E-state index in [1.165, 1.54) is 0 Å². The van der Waals surface area contributed by atoms with Crippen LogP contribution in [0.3, 0.4) is 0 Å². The molecule has 0 saturated heterocycles. The van der Waals surface area contributed by atoms with Gasteiger partial charge < -0.3 is 32.0 Å². The van der Waals surface area contributed by atoms with E-state index in [1.807, 2.05) is 0 Å². The maximum absolute atomic E-state index is 11.5. The van der Waals surface area contributed by atoms with Gasteiger partial charge >= 0.3 is 139 Å². The summed E-state index contributed by atoms with van der Waals surface area (Å²) >= 11 is 0. The molecule has 0 radical (unpaired) electrons.